The van der Waals surface area contributed by atoms with Gasteiger partial charge >= 0.3 is 0 Å². The van der Waals surface area contributed by atoms with Crippen molar-refractivity contribution in [1.82, 2.24) is 0 Å². The topological polar surface area (TPSA) is 37.4 Å². The monoisotopic (exact) mass is 413 g/mol. The van der Waals surface area contributed by atoms with Gasteiger partial charge in [0, 0.05) is 15.9 Å². The van der Waals surface area contributed by atoms with E-state index in [0.717, 1.165) is 22.3 Å². The van der Waals surface area contributed by atoms with Crippen molar-refractivity contribution in [2.24, 2.45) is 11.8 Å². The van der Waals surface area contributed by atoms with E-state index in [0.29, 0.717) is 10.7 Å². The quantitative estimate of drug-likeness (QED) is 0.521. The van der Waals surface area contributed by atoms with Gasteiger partial charge in [-0.25, -0.2) is 4.90 Å². The van der Waals surface area contributed by atoms with Gasteiger partial charge < -0.3 is 0 Å². The van der Waals surface area contributed by atoms with Crippen molar-refractivity contribution < 1.29 is 9.59 Å². The summed E-state index contributed by atoms with van der Waals surface area (Å²) in [6.07, 6.45) is 0. The molecule has 1 fully saturated rings. The standard InChI is InChI=1S/C26H20ClNO2/c1-25-17-10-3-5-12-19(17)26(2,20-13-6-4-11-18(20)25)22-21(25)23(29)28(24(22)30)16-9-7-8-15(27)14-16/h3-14,21-22H,1-2H3/t21-,22-,25?,26?/m0/s1. The molecule has 1 aliphatic heterocycles. The maximum absolute atomic E-state index is 13.9. The molecule has 3 aromatic rings. The van der Waals surface area contributed by atoms with E-state index in [9.17, 15) is 9.59 Å². The largest absolute Gasteiger partial charge is 0.274 e. The van der Waals surface area contributed by atoms with Crippen LogP contribution in [0.15, 0.2) is 72.8 Å². The van der Waals surface area contributed by atoms with Crippen LogP contribution in [0.3, 0.4) is 0 Å². The van der Waals surface area contributed by atoms with Crippen LogP contribution in [0.2, 0.25) is 5.02 Å². The zero-order chi connectivity index (χ0) is 20.8. The third-order valence-corrected chi connectivity index (χ3v) is 7.94. The van der Waals surface area contributed by atoms with E-state index in [-0.39, 0.29) is 11.8 Å². The predicted octanol–water partition coefficient (Wildman–Crippen LogP) is 5.08. The zero-order valence-electron chi connectivity index (χ0n) is 16.7. The van der Waals surface area contributed by atoms with Gasteiger partial charge in [-0.1, -0.05) is 80.0 Å². The first kappa shape index (κ1) is 17.9. The summed E-state index contributed by atoms with van der Waals surface area (Å²) in [6, 6.07) is 23.6. The highest BCUT2D eigenvalue weighted by Crippen LogP contribution is 2.66. The summed E-state index contributed by atoms with van der Waals surface area (Å²) < 4.78 is 0. The Morgan fingerprint density at radius 1 is 0.700 bits per heavy atom. The number of rotatable bonds is 1. The Morgan fingerprint density at radius 3 is 1.53 bits per heavy atom. The Labute approximate surface area is 180 Å². The minimum atomic E-state index is -0.560. The molecular formula is C26H20ClNO2. The average molecular weight is 414 g/mol. The minimum Gasteiger partial charge on any atom is -0.274 e. The van der Waals surface area contributed by atoms with E-state index >= 15 is 0 Å². The molecule has 0 radical (unpaired) electrons. The molecule has 1 heterocycles. The van der Waals surface area contributed by atoms with E-state index in [4.69, 9.17) is 11.6 Å². The van der Waals surface area contributed by atoms with Gasteiger partial charge in [0.05, 0.1) is 17.5 Å². The summed E-state index contributed by atoms with van der Waals surface area (Å²) in [4.78, 5) is 29.1. The van der Waals surface area contributed by atoms with Crippen molar-refractivity contribution >= 4 is 29.1 Å². The van der Waals surface area contributed by atoms with E-state index in [1.165, 1.54) is 4.90 Å². The van der Waals surface area contributed by atoms with Gasteiger partial charge in [0.15, 0.2) is 0 Å². The van der Waals surface area contributed by atoms with Crippen LogP contribution in [0.4, 0.5) is 5.69 Å². The molecule has 30 heavy (non-hydrogen) atoms. The van der Waals surface area contributed by atoms with Gasteiger partial charge in [-0.15, -0.1) is 0 Å². The SMILES string of the molecule is CC12c3ccccc3C(C)(c3ccccc31)[C@@H]1C(=O)N(c3cccc(Cl)c3)C(=O)[C@H]12. The van der Waals surface area contributed by atoms with Gasteiger partial charge in [0.2, 0.25) is 11.8 Å². The van der Waals surface area contributed by atoms with Crippen molar-refractivity contribution in [3.05, 3.63) is 100 Å². The molecule has 2 amide bonds. The molecule has 4 heteroatoms. The number of anilines is 1. The van der Waals surface area contributed by atoms with Gasteiger partial charge in [-0.2, -0.15) is 0 Å². The molecule has 0 spiro atoms. The number of carbonyl (C=O) groups is 2. The summed E-state index contributed by atoms with van der Waals surface area (Å²) in [5.41, 5.74) is 4.04. The third-order valence-electron chi connectivity index (χ3n) is 7.71. The predicted molar refractivity (Wildman–Crippen MR) is 117 cm³/mol. The number of hydrogen-bond acceptors (Lipinski definition) is 2. The molecule has 4 aliphatic rings. The van der Waals surface area contributed by atoms with Gasteiger partial charge in [-0.3, -0.25) is 9.59 Å². The van der Waals surface area contributed by atoms with Crippen molar-refractivity contribution in [3.8, 4) is 0 Å². The Bertz CT molecular complexity index is 1140. The third kappa shape index (κ3) is 1.83. The number of carbonyl (C=O) groups excluding carboxylic acids is 2. The Balaban J connectivity index is 1.67. The summed E-state index contributed by atoms with van der Waals surface area (Å²) in [5.74, 6) is -1.16. The second kappa shape index (κ2) is 5.61. The highest BCUT2D eigenvalue weighted by atomic mass is 35.5. The molecule has 1 saturated heterocycles. The number of nitrogens with zero attached hydrogens (tertiary/aromatic N) is 1. The smallest absolute Gasteiger partial charge is 0.238 e. The van der Waals surface area contributed by atoms with E-state index in [1.807, 2.05) is 24.3 Å². The molecule has 0 unspecified atom stereocenters. The van der Waals surface area contributed by atoms with E-state index in [2.05, 4.69) is 38.1 Å². The van der Waals surface area contributed by atoms with Crippen LogP contribution < -0.4 is 4.90 Å². The number of hydrogen-bond donors (Lipinski definition) is 0. The van der Waals surface area contributed by atoms with Gasteiger partial charge in [-0.05, 0) is 40.5 Å². The lowest BCUT2D eigenvalue weighted by Gasteiger charge is -2.57. The van der Waals surface area contributed by atoms with E-state index < -0.39 is 22.7 Å². The molecule has 2 atom stereocenters. The van der Waals surface area contributed by atoms with Crippen LogP contribution in [0.1, 0.15) is 36.1 Å². The second-order valence-corrected chi connectivity index (χ2v) is 9.38. The average Bonchev–Trinajstić information content (AvgIpc) is 3.03. The van der Waals surface area contributed by atoms with Crippen molar-refractivity contribution in [3.63, 3.8) is 0 Å². The molecule has 2 bridgehead atoms. The summed E-state index contributed by atoms with van der Waals surface area (Å²) in [5, 5.41) is 0.509. The van der Waals surface area contributed by atoms with E-state index in [1.54, 1.807) is 24.3 Å². The molecular weight excluding hydrogens is 394 g/mol. The Kier molecular flexibility index (Phi) is 3.35. The molecule has 0 aromatic heterocycles. The fourth-order valence-corrected chi connectivity index (χ4v) is 6.62. The lowest BCUT2D eigenvalue weighted by Crippen LogP contribution is -2.59. The fraction of sp³-hybridized carbons (Fsp3) is 0.231. The van der Waals surface area contributed by atoms with Crippen LogP contribution >= 0.6 is 11.6 Å². The Morgan fingerprint density at radius 2 is 1.13 bits per heavy atom. The summed E-state index contributed by atoms with van der Waals surface area (Å²) >= 11 is 6.19. The molecule has 148 valence electrons. The van der Waals surface area contributed by atoms with Crippen LogP contribution in [0.5, 0.6) is 0 Å². The molecule has 3 aromatic carbocycles. The maximum atomic E-state index is 13.9. The van der Waals surface area contributed by atoms with Crippen LogP contribution in [-0.4, -0.2) is 11.8 Å². The highest BCUT2D eigenvalue weighted by molar-refractivity contribution is 6.31. The number of imide groups is 1. The van der Waals surface area contributed by atoms with Gasteiger partial charge in [0.25, 0.3) is 0 Å². The zero-order valence-corrected chi connectivity index (χ0v) is 17.5. The first-order valence-electron chi connectivity index (χ1n) is 10.2. The van der Waals surface area contributed by atoms with Crippen molar-refractivity contribution in [1.29, 1.82) is 0 Å². The number of halogens is 1. The molecule has 3 aliphatic carbocycles. The first-order chi connectivity index (χ1) is 14.4. The number of amides is 2. The van der Waals surface area contributed by atoms with Crippen molar-refractivity contribution in [2.75, 3.05) is 4.90 Å². The van der Waals surface area contributed by atoms with Crippen molar-refractivity contribution in [2.45, 2.75) is 24.7 Å². The fourth-order valence-electron chi connectivity index (χ4n) is 6.44. The molecule has 7 rings (SSSR count). The normalized spacial score (nSPS) is 30.8. The molecule has 0 saturated carbocycles. The van der Waals surface area contributed by atoms with Crippen LogP contribution in [-0.2, 0) is 20.4 Å². The second-order valence-electron chi connectivity index (χ2n) is 8.94. The summed E-state index contributed by atoms with van der Waals surface area (Å²) in [6.45, 7) is 4.27. The lowest BCUT2D eigenvalue weighted by atomic mass is 9.42. The summed E-state index contributed by atoms with van der Waals surface area (Å²) in [7, 11) is 0. The van der Waals surface area contributed by atoms with Crippen LogP contribution in [0, 0.1) is 11.8 Å². The maximum Gasteiger partial charge on any atom is 0.238 e. The molecule has 3 nitrogen and oxygen atoms in total. The van der Waals surface area contributed by atoms with Crippen LogP contribution in [0.25, 0.3) is 0 Å². The number of benzene rings is 3. The first-order valence-corrected chi connectivity index (χ1v) is 10.6. The minimum absolute atomic E-state index is 0.134. The lowest BCUT2D eigenvalue weighted by molar-refractivity contribution is -0.124. The Hall–Kier alpha value is -2.91. The highest BCUT2D eigenvalue weighted by Gasteiger charge is 2.70. The molecule has 0 N–H and O–H groups in total. The van der Waals surface area contributed by atoms with Gasteiger partial charge in [0.1, 0.15) is 0 Å².